The van der Waals surface area contributed by atoms with Gasteiger partial charge in [0.25, 0.3) is 5.91 Å². The van der Waals surface area contributed by atoms with E-state index in [2.05, 4.69) is 20.2 Å². The number of amides is 1. The molecule has 1 aliphatic rings. The number of nitrogens with zero attached hydrogens (tertiary/aromatic N) is 3. The molecule has 228 valence electrons. The lowest BCUT2D eigenvalue weighted by Gasteiger charge is -2.25. The third-order valence-corrected chi connectivity index (χ3v) is 8.90. The van der Waals surface area contributed by atoms with Crippen LogP contribution in [0.2, 0.25) is 0 Å². The Morgan fingerprint density at radius 3 is 2.61 bits per heavy atom. The number of thiazole rings is 1. The summed E-state index contributed by atoms with van der Waals surface area (Å²) in [6.07, 6.45) is 10.4. The van der Waals surface area contributed by atoms with Gasteiger partial charge < -0.3 is 29.5 Å². The maximum Gasteiger partial charge on any atom is 0.341 e. The number of ether oxygens (including phenoxy) is 1. The van der Waals surface area contributed by atoms with Crippen LogP contribution in [0.15, 0.2) is 70.9 Å². The first kappa shape index (κ1) is 29.4. The summed E-state index contributed by atoms with van der Waals surface area (Å²) in [7, 11) is 1.83. The molecule has 0 saturated heterocycles. The highest BCUT2D eigenvalue weighted by Crippen LogP contribution is 2.36. The Bertz CT molecular complexity index is 1720. The first-order valence-electron chi connectivity index (χ1n) is 14.9. The van der Waals surface area contributed by atoms with Crippen LogP contribution in [0.4, 0.5) is 5.13 Å². The summed E-state index contributed by atoms with van der Waals surface area (Å²) >= 11 is 1.52. The fraction of sp³-hybridized carbons (Fsp3) is 0.333. The van der Waals surface area contributed by atoms with Crippen molar-refractivity contribution in [3.05, 3.63) is 83.3 Å². The molecule has 6 rings (SSSR count). The molecular weight excluding hydrogens is 578 g/mol. The largest absolute Gasteiger partial charge is 0.482 e. The quantitative estimate of drug-likeness (QED) is 0.148. The number of nitrogens with one attached hydrogen (secondary N) is 2. The van der Waals surface area contributed by atoms with Crippen LogP contribution in [0.5, 0.6) is 5.75 Å². The number of imidazole rings is 1. The lowest BCUT2D eigenvalue weighted by atomic mass is 9.95. The Kier molecular flexibility index (Phi) is 8.92. The van der Waals surface area contributed by atoms with E-state index >= 15 is 0 Å². The van der Waals surface area contributed by atoms with E-state index in [-0.39, 0.29) is 11.9 Å². The third kappa shape index (κ3) is 6.78. The highest BCUT2D eigenvalue weighted by atomic mass is 32.1. The zero-order valence-electron chi connectivity index (χ0n) is 24.5. The number of carboxylic acid groups (broad SMARTS) is 1. The Balaban J connectivity index is 1.25. The topological polar surface area (TPSA) is 132 Å². The molecule has 1 fully saturated rings. The predicted octanol–water partition coefficient (Wildman–Crippen LogP) is 6.35. The summed E-state index contributed by atoms with van der Waals surface area (Å²) in [6.45, 7) is -0.400. The number of rotatable bonds is 12. The lowest BCUT2D eigenvalue weighted by molar-refractivity contribution is -0.139. The molecule has 10 nitrogen and oxygen atoms in total. The molecule has 0 spiro atoms. The minimum absolute atomic E-state index is 0.181. The number of carbonyl (C=O) groups excluding carboxylic acids is 1. The van der Waals surface area contributed by atoms with Crippen LogP contribution >= 0.6 is 11.3 Å². The lowest BCUT2D eigenvalue weighted by Crippen LogP contribution is -2.38. The number of hydrogen-bond acceptors (Lipinski definition) is 8. The number of carboxylic acids is 1. The normalized spacial score (nSPS) is 14.4. The van der Waals surface area contributed by atoms with E-state index in [1.807, 2.05) is 48.8 Å². The third-order valence-electron chi connectivity index (χ3n) is 8.00. The van der Waals surface area contributed by atoms with Crippen molar-refractivity contribution in [1.82, 2.24) is 19.9 Å². The molecule has 1 saturated carbocycles. The number of anilines is 1. The average Bonchev–Trinajstić information content (AvgIpc) is 3.81. The average molecular weight is 614 g/mol. The second-order valence-corrected chi connectivity index (χ2v) is 12.0. The van der Waals surface area contributed by atoms with Gasteiger partial charge in [0.15, 0.2) is 11.7 Å². The summed E-state index contributed by atoms with van der Waals surface area (Å²) < 4.78 is 13.0. The summed E-state index contributed by atoms with van der Waals surface area (Å²) in [4.78, 5) is 34.2. The van der Waals surface area contributed by atoms with Gasteiger partial charge in [-0.1, -0.05) is 31.4 Å². The van der Waals surface area contributed by atoms with Crippen LogP contribution in [0, 0.1) is 0 Å². The smallest absolute Gasteiger partial charge is 0.341 e. The molecule has 2 aromatic carbocycles. The number of furan rings is 1. The zero-order chi connectivity index (χ0) is 30.5. The maximum absolute atomic E-state index is 13.7. The molecule has 0 bridgehead atoms. The highest BCUT2D eigenvalue weighted by molar-refractivity contribution is 7.13. The van der Waals surface area contributed by atoms with Crippen LogP contribution in [0.25, 0.3) is 22.4 Å². The molecule has 5 aromatic rings. The summed E-state index contributed by atoms with van der Waals surface area (Å²) in [5, 5.41) is 18.0. The molecule has 11 heteroatoms. The monoisotopic (exact) mass is 613 g/mol. The van der Waals surface area contributed by atoms with Crippen molar-refractivity contribution in [2.75, 3.05) is 19.0 Å². The van der Waals surface area contributed by atoms with Crippen LogP contribution in [-0.2, 0) is 17.6 Å². The van der Waals surface area contributed by atoms with Crippen molar-refractivity contribution in [3.8, 4) is 17.1 Å². The SMILES string of the molecule is CNc1nc(C[C@H](Cc2ccc(OCC(=O)O)cc2)NC(=O)c2ccc3c(c2)nc(-c2ccoc2)n3C2CCCCC2)cs1. The van der Waals surface area contributed by atoms with Crippen molar-refractivity contribution in [2.45, 2.75) is 57.0 Å². The van der Waals surface area contributed by atoms with Crippen LogP contribution in [0.3, 0.4) is 0 Å². The minimum atomic E-state index is -1.03. The first-order valence-corrected chi connectivity index (χ1v) is 15.8. The van der Waals surface area contributed by atoms with Gasteiger partial charge in [-0.15, -0.1) is 11.3 Å². The molecule has 3 heterocycles. The van der Waals surface area contributed by atoms with E-state index in [0.29, 0.717) is 30.2 Å². The molecule has 0 unspecified atom stereocenters. The second-order valence-electron chi connectivity index (χ2n) is 11.1. The zero-order valence-corrected chi connectivity index (χ0v) is 25.3. The summed E-state index contributed by atoms with van der Waals surface area (Å²) in [5.41, 5.74) is 5.15. The molecule has 0 aliphatic heterocycles. The van der Waals surface area contributed by atoms with Gasteiger partial charge in [-0.3, -0.25) is 4.79 Å². The van der Waals surface area contributed by atoms with Crippen LogP contribution < -0.4 is 15.4 Å². The molecule has 0 radical (unpaired) electrons. The van der Waals surface area contributed by atoms with Crippen LogP contribution in [0.1, 0.15) is 59.8 Å². The van der Waals surface area contributed by atoms with Gasteiger partial charge in [0.2, 0.25) is 0 Å². The Morgan fingerprint density at radius 2 is 1.91 bits per heavy atom. The number of aliphatic carboxylic acids is 1. The molecule has 3 aromatic heterocycles. The number of aromatic nitrogens is 3. The van der Waals surface area contributed by atoms with Crippen molar-refractivity contribution in [2.24, 2.45) is 0 Å². The maximum atomic E-state index is 13.7. The predicted molar refractivity (Wildman–Crippen MR) is 169 cm³/mol. The Labute approximate surface area is 259 Å². The van der Waals surface area contributed by atoms with Gasteiger partial charge >= 0.3 is 5.97 Å². The molecule has 44 heavy (non-hydrogen) atoms. The summed E-state index contributed by atoms with van der Waals surface area (Å²) in [5.74, 6) is 0.138. The molecular formula is C33H35N5O5S. The fourth-order valence-corrected chi connectivity index (χ4v) is 6.59. The standard InChI is InChI=1S/C33H35N5O5S/c1-34-33-36-25(20-44-33)17-24(15-21-7-10-27(11-8-21)43-19-30(39)40)35-32(41)22-9-12-29-28(16-22)37-31(23-13-14-42-18-23)38(29)26-5-3-2-4-6-26/h7-14,16,18,20,24,26H,2-6,15,17,19H2,1H3,(H,34,36)(H,35,41)(H,39,40)/t24-/m0/s1. The Hall–Kier alpha value is -4.64. The highest BCUT2D eigenvalue weighted by Gasteiger charge is 2.24. The number of hydrogen-bond donors (Lipinski definition) is 3. The van der Waals surface area contributed by atoms with Gasteiger partial charge in [-0.05, 0) is 61.2 Å². The molecule has 3 N–H and O–H groups in total. The van der Waals surface area contributed by atoms with Crippen molar-refractivity contribution in [3.63, 3.8) is 0 Å². The van der Waals surface area contributed by atoms with Gasteiger partial charge in [0.05, 0.1) is 28.6 Å². The van der Waals surface area contributed by atoms with E-state index in [1.165, 1.54) is 30.6 Å². The summed E-state index contributed by atoms with van der Waals surface area (Å²) in [6, 6.07) is 15.1. The van der Waals surface area contributed by atoms with Gasteiger partial charge in [-0.2, -0.15) is 0 Å². The van der Waals surface area contributed by atoms with E-state index in [0.717, 1.165) is 51.7 Å². The minimum Gasteiger partial charge on any atom is -0.482 e. The van der Waals surface area contributed by atoms with Crippen LogP contribution in [-0.4, -0.2) is 51.2 Å². The number of benzene rings is 2. The van der Waals surface area contributed by atoms with Gasteiger partial charge in [-0.25, -0.2) is 14.8 Å². The molecule has 1 atom stereocenters. The van der Waals surface area contributed by atoms with Gasteiger partial charge in [0.1, 0.15) is 17.8 Å². The Morgan fingerprint density at radius 1 is 1.09 bits per heavy atom. The van der Waals surface area contributed by atoms with E-state index < -0.39 is 12.6 Å². The van der Waals surface area contributed by atoms with Crippen molar-refractivity contribution in [1.29, 1.82) is 0 Å². The van der Waals surface area contributed by atoms with Crippen molar-refractivity contribution >= 4 is 39.4 Å². The van der Waals surface area contributed by atoms with Gasteiger partial charge in [0, 0.05) is 36.5 Å². The second kappa shape index (κ2) is 13.3. The van der Waals surface area contributed by atoms with E-state index in [4.69, 9.17) is 19.2 Å². The fourth-order valence-electron chi connectivity index (χ4n) is 5.91. The number of carbonyl (C=O) groups is 2. The van der Waals surface area contributed by atoms with E-state index in [1.54, 1.807) is 24.7 Å². The number of fused-ring (bicyclic) bond motifs is 1. The first-order chi connectivity index (χ1) is 21.5. The van der Waals surface area contributed by atoms with Crippen molar-refractivity contribution < 1.29 is 23.8 Å². The van der Waals surface area contributed by atoms with E-state index in [9.17, 15) is 9.59 Å². The molecule has 1 amide bonds. The molecule has 1 aliphatic carbocycles.